The molecule has 0 saturated carbocycles. The largest absolute Gasteiger partial charge is 0.497 e. The summed E-state index contributed by atoms with van der Waals surface area (Å²) in [5, 5.41) is 0. The molecule has 6 heteroatoms. The minimum atomic E-state index is -0.412. The van der Waals surface area contributed by atoms with Gasteiger partial charge in [0, 0.05) is 17.2 Å². The maximum absolute atomic E-state index is 11.4. The Kier molecular flexibility index (Phi) is 6.12. The van der Waals surface area contributed by atoms with E-state index < -0.39 is 5.97 Å². The summed E-state index contributed by atoms with van der Waals surface area (Å²) < 4.78 is 15.2. The van der Waals surface area contributed by atoms with Crippen molar-refractivity contribution in [3.05, 3.63) is 78.4 Å². The molecule has 0 aliphatic rings. The molecule has 0 N–H and O–H groups in total. The van der Waals surface area contributed by atoms with Gasteiger partial charge in [0.2, 0.25) is 0 Å². The third kappa shape index (κ3) is 4.44. The van der Waals surface area contributed by atoms with E-state index in [2.05, 4.69) is 4.74 Å². The fourth-order valence-corrected chi connectivity index (χ4v) is 3.31. The van der Waals surface area contributed by atoms with Crippen molar-refractivity contribution in [2.24, 2.45) is 0 Å². The smallest absolute Gasteiger partial charge is 0.330 e. The SMILES string of the molecule is COC(=O)/C=C/c1ccc2nc(-c3ccc(OC)cc3)c(-c3ccc(OC)cc3)nc2c1. The molecule has 0 saturated heterocycles. The molecule has 0 atom stereocenters. The summed E-state index contributed by atoms with van der Waals surface area (Å²) in [7, 11) is 4.62. The van der Waals surface area contributed by atoms with Crippen LogP contribution in [0.3, 0.4) is 0 Å². The Bertz CT molecular complexity index is 1280. The summed E-state index contributed by atoms with van der Waals surface area (Å²) in [5.74, 6) is 1.13. The van der Waals surface area contributed by atoms with Gasteiger partial charge in [0.15, 0.2) is 0 Å². The monoisotopic (exact) mass is 426 g/mol. The van der Waals surface area contributed by atoms with Crippen molar-refractivity contribution < 1.29 is 19.0 Å². The number of methoxy groups -OCH3 is 3. The Morgan fingerprint density at radius 2 is 1.25 bits per heavy atom. The van der Waals surface area contributed by atoms with Gasteiger partial charge in [-0.3, -0.25) is 0 Å². The van der Waals surface area contributed by atoms with Crippen LogP contribution in [0, 0.1) is 0 Å². The Labute approximate surface area is 186 Å². The van der Waals surface area contributed by atoms with Crippen molar-refractivity contribution in [2.75, 3.05) is 21.3 Å². The zero-order chi connectivity index (χ0) is 22.5. The van der Waals surface area contributed by atoms with Crippen LogP contribution in [0.2, 0.25) is 0 Å². The standard InChI is InChI=1S/C26H22N2O4/c1-30-20-10-6-18(7-11-20)25-26(19-8-12-21(31-2)13-9-19)28-23-16-17(4-14-22(23)27-25)5-15-24(29)32-3/h4-16H,1-3H3/b15-5+. The number of benzene rings is 3. The number of hydrogen-bond acceptors (Lipinski definition) is 6. The number of aromatic nitrogens is 2. The molecule has 0 bridgehead atoms. The minimum absolute atomic E-state index is 0.412. The van der Waals surface area contributed by atoms with Crippen molar-refractivity contribution in [1.29, 1.82) is 0 Å². The van der Waals surface area contributed by atoms with Gasteiger partial charge in [-0.15, -0.1) is 0 Å². The fourth-order valence-electron chi connectivity index (χ4n) is 3.31. The van der Waals surface area contributed by atoms with E-state index in [1.54, 1.807) is 20.3 Å². The lowest BCUT2D eigenvalue weighted by Crippen LogP contribution is -1.96. The van der Waals surface area contributed by atoms with Gasteiger partial charge >= 0.3 is 5.97 Å². The van der Waals surface area contributed by atoms with Crippen LogP contribution in [0.15, 0.2) is 72.8 Å². The third-order valence-corrected chi connectivity index (χ3v) is 5.03. The highest BCUT2D eigenvalue weighted by molar-refractivity contribution is 5.90. The zero-order valence-corrected chi connectivity index (χ0v) is 18.0. The number of carbonyl (C=O) groups excluding carboxylic acids is 1. The summed E-state index contributed by atoms with van der Waals surface area (Å²) in [6.07, 6.45) is 3.07. The molecule has 0 unspecified atom stereocenters. The molecular formula is C26H22N2O4. The normalized spacial score (nSPS) is 11.0. The van der Waals surface area contributed by atoms with E-state index in [0.29, 0.717) is 0 Å². The van der Waals surface area contributed by atoms with Crippen LogP contribution in [0.5, 0.6) is 11.5 Å². The summed E-state index contributed by atoms with van der Waals surface area (Å²) in [6.45, 7) is 0. The van der Waals surface area contributed by atoms with Crippen molar-refractivity contribution in [2.45, 2.75) is 0 Å². The zero-order valence-electron chi connectivity index (χ0n) is 18.0. The van der Waals surface area contributed by atoms with Gasteiger partial charge in [0.25, 0.3) is 0 Å². The first-order valence-electron chi connectivity index (χ1n) is 9.98. The number of carbonyl (C=O) groups is 1. The van der Waals surface area contributed by atoms with Crippen molar-refractivity contribution >= 4 is 23.1 Å². The summed E-state index contributed by atoms with van der Waals surface area (Å²) in [4.78, 5) is 21.3. The van der Waals surface area contributed by atoms with Crippen LogP contribution in [0.1, 0.15) is 5.56 Å². The molecule has 160 valence electrons. The molecule has 0 aliphatic heterocycles. The lowest BCUT2D eigenvalue weighted by molar-refractivity contribution is -0.134. The average Bonchev–Trinajstić information content (AvgIpc) is 2.86. The van der Waals surface area contributed by atoms with Crippen LogP contribution < -0.4 is 9.47 Å². The number of nitrogens with zero attached hydrogens (tertiary/aromatic N) is 2. The van der Waals surface area contributed by atoms with Gasteiger partial charge in [-0.05, 0) is 72.3 Å². The van der Waals surface area contributed by atoms with Crippen LogP contribution in [0.4, 0.5) is 0 Å². The van der Waals surface area contributed by atoms with Gasteiger partial charge < -0.3 is 14.2 Å². The van der Waals surface area contributed by atoms with E-state index in [-0.39, 0.29) is 0 Å². The molecule has 0 radical (unpaired) electrons. The molecule has 4 rings (SSSR count). The van der Waals surface area contributed by atoms with E-state index in [9.17, 15) is 4.79 Å². The van der Waals surface area contributed by atoms with Crippen LogP contribution >= 0.6 is 0 Å². The lowest BCUT2D eigenvalue weighted by Gasteiger charge is -2.12. The first-order valence-corrected chi connectivity index (χ1v) is 9.98. The molecule has 3 aromatic carbocycles. The summed E-state index contributed by atoms with van der Waals surface area (Å²) >= 11 is 0. The molecule has 0 spiro atoms. The maximum atomic E-state index is 11.4. The van der Waals surface area contributed by atoms with E-state index in [1.165, 1.54) is 13.2 Å². The van der Waals surface area contributed by atoms with E-state index in [4.69, 9.17) is 19.4 Å². The van der Waals surface area contributed by atoms with Gasteiger partial charge in [-0.25, -0.2) is 14.8 Å². The summed E-state index contributed by atoms with van der Waals surface area (Å²) in [5.41, 5.74) is 5.67. The van der Waals surface area contributed by atoms with Crippen LogP contribution in [0.25, 0.3) is 39.6 Å². The van der Waals surface area contributed by atoms with Crippen molar-refractivity contribution in [3.63, 3.8) is 0 Å². The predicted octanol–water partition coefficient (Wildman–Crippen LogP) is 5.17. The predicted molar refractivity (Wildman–Crippen MR) is 125 cm³/mol. The molecule has 1 aromatic heterocycles. The number of rotatable bonds is 6. The van der Waals surface area contributed by atoms with Gasteiger partial charge in [0.05, 0.1) is 43.8 Å². The maximum Gasteiger partial charge on any atom is 0.330 e. The van der Waals surface area contributed by atoms with E-state index >= 15 is 0 Å². The Balaban J connectivity index is 1.87. The fraction of sp³-hybridized carbons (Fsp3) is 0.115. The summed E-state index contributed by atoms with van der Waals surface area (Å²) in [6, 6.07) is 21.1. The number of ether oxygens (including phenoxy) is 3. The van der Waals surface area contributed by atoms with E-state index in [1.807, 2.05) is 66.7 Å². The first kappa shape index (κ1) is 21.1. The van der Waals surface area contributed by atoms with Gasteiger partial charge in [-0.1, -0.05) is 6.07 Å². The Hall–Kier alpha value is -4.19. The second-order valence-corrected chi connectivity index (χ2v) is 6.98. The lowest BCUT2D eigenvalue weighted by atomic mass is 10.0. The van der Waals surface area contributed by atoms with Crippen LogP contribution in [-0.4, -0.2) is 37.3 Å². The average molecular weight is 426 g/mol. The van der Waals surface area contributed by atoms with Gasteiger partial charge in [0.1, 0.15) is 11.5 Å². The molecule has 4 aromatic rings. The number of esters is 1. The highest BCUT2D eigenvalue weighted by atomic mass is 16.5. The van der Waals surface area contributed by atoms with Crippen molar-refractivity contribution in [1.82, 2.24) is 9.97 Å². The molecule has 0 aliphatic carbocycles. The Morgan fingerprint density at radius 1 is 0.719 bits per heavy atom. The highest BCUT2D eigenvalue weighted by Gasteiger charge is 2.14. The molecule has 0 fully saturated rings. The molecule has 1 heterocycles. The second-order valence-electron chi connectivity index (χ2n) is 6.98. The number of fused-ring (bicyclic) bond motifs is 1. The first-order chi connectivity index (χ1) is 15.6. The number of hydrogen-bond donors (Lipinski definition) is 0. The molecule has 6 nitrogen and oxygen atoms in total. The minimum Gasteiger partial charge on any atom is -0.497 e. The molecule has 0 amide bonds. The van der Waals surface area contributed by atoms with Gasteiger partial charge in [-0.2, -0.15) is 0 Å². The molecule has 32 heavy (non-hydrogen) atoms. The topological polar surface area (TPSA) is 70.5 Å². The quantitative estimate of drug-likeness (QED) is 0.313. The highest BCUT2D eigenvalue weighted by Crippen LogP contribution is 2.33. The third-order valence-electron chi connectivity index (χ3n) is 5.03. The van der Waals surface area contributed by atoms with Crippen LogP contribution in [-0.2, 0) is 9.53 Å². The Morgan fingerprint density at radius 3 is 1.75 bits per heavy atom. The molecular weight excluding hydrogens is 404 g/mol. The second kappa shape index (κ2) is 9.31. The van der Waals surface area contributed by atoms with E-state index in [0.717, 1.165) is 50.6 Å². The van der Waals surface area contributed by atoms with Crippen molar-refractivity contribution in [3.8, 4) is 34.0 Å².